The summed E-state index contributed by atoms with van der Waals surface area (Å²) in [5.41, 5.74) is 1.34. The minimum atomic E-state index is -1.56. The summed E-state index contributed by atoms with van der Waals surface area (Å²) >= 11 is 0. The molecule has 1 unspecified atom stereocenters. The second-order valence-electron chi connectivity index (χ2n) is 13.4. The van der Waals surface area contributed by atoms with E-state index < -0.39 is 39.7 Å². The third-order valence-corrected chi connectivity index (χ3v) is 7.30. The molecular formula is C31H49N5O5Si. The Kier molecular flexibility index (Phi) is 10.8. The van der Waals surface area contributed by atoms with Crippen molar-refractivity contribution in [1.82, 2.24) is 14.6 Å². The Hall–Kier alpha value is -2.99. The van der Waals surface area contributed by atoms with E-state index in [1.165, 1.54) is 0 Å². The SMILES string of the molecule is CC(C)c1cnn2c(N(Cc3ccccc3)C(=O)OC(C)(C)C)cc(N(C[C@H](O)CO)C(O[SiH](C)C)C(C)(C)C)nc12. The maximum atomic E-state index is 13.8. The Labute approximate surface area is 252 Å². The highest BCUT2D eigenvalue weighted by atomic mass is 28.3. The average molecular weight is 600 g/mol. The van der Waals surface area contributed by atoms with Crippen molar-refractivity contribution in [3.8, 4) is 0 Å². The Morgan fingerprint density at radius 3 is 2.26 bits per heavy atom. The topological polar surface area (TPSA) is 113 Å². The second-order valence-corrected chi connectivity index (χ2v) is 15.8. The van der Waals surface area contributed by atoms with Crippen LogP contribution in [-0.2, 0) is 15.7 Å². The molecule has 2 atom stereocenters. The van der Waals surface area contributed by atoms with E-state index in [0.717, 1.165) is 11.1 Å². The van der Waals surface area contributed by atoms with Crippen LogP contribution in [0, 0.1) is 5.41 Å². The van der Waals surface area contributed by atoms with E-state index in [2.05, 4.69) is 52.8 Å². The number of hydrogen-bond acceptors (Lipinski definition) is 8. The fourth-order valence-electron chi connectivity index (χ4n) is 4.62. The number of hydrogen-bond donors (Lipinski definition) is 2. The number of benzene rings is 1. The molecule has 42 heavy (non-hydrogen) atoms. The lowest BCUT2D eigenvalue weighted by atomic mass is 9.93. The first-order valence-corrected chi connectivity index (χ1v) is 17.4. The predicted molar refractivity (Wildman–Crippen MR) is 170 cm³/mol. The quantitative estimate of drug-likeness (QED) is 0.225. The van der Waals surface area contributed by atoms with Gasteiger partial charge in [-0.1, -0.05) is 65.0 Å². The summed E-state index contributed by atoms with van der Waals surface area (Å²) in [6.45, 7) is 20.0. The molecule has 0 aliphatic rings. The smallest absolute Gasteiger partial charge is 0.416 e. The van der Waals surface area contributed by atoms with Crippen LogP contribution in [0.5, 0.6) is 0 Å². The second kappa shape index (κ2) is 13.5. The molecule has 0 saturated heterocycles. The zero-order valence-corrected chi connectivity index (χ0v) is 28.0. The van der Waals surface area contributed by atoms with Crippen LogP contribution in [-0.4, -0.2) is 71.0 Å². The van der Waals surface area contributed by atoms with Crippen molar-refractivity contribution >= 4 is 32.4 Å². The van der Waals surface area contributed by atoms with E-state index in [9.17, 15) is 15.0 Å². The lowest BCUT2D eigenvalue weighted by molar-refractivity contribution is 0.0537. The molecule has 232 valence electrons. The Morgan fingerprint density at radius 1 is 1.10 bits per heavy atom. The van der Waals surface area contributed by atoms with E-state index in [1.807, 2.05) is 56.0 Å². The number of carbonyl (C=O) groups excluding carboxylic acids is 1. The highest BCUT2D eigenvalue weighted by Crippen LogP contribution is 2.34. The largest absolute Gasteiger partial charge is 0.443 e. The van der Waals surface area contributed by atoms with E-state index in [4.69, 9.17) is 14.1 Å². The number of aliphatic hydroxyl groups is 2. The van der Waals surface area contributed by atoms with Crippen LogP contribution in [0.15, 0.2) is 42.6 Å². The van der Waals surface area contributed by atoms with Crippen molar-refractivity contribution in [1.29, 1.82) is 0 Å². The maximum Gasteiger partial charge on any atom is 0.416 e. The molecule has 10 nitrogen and oxygen atoms in total. The van der Waals surface area contributed by atoms with Gasteiger partial charge in [-0.05, 0) is 45.3 Å². The van der Waals surface area contributed by atoms with Gasteiger partial charge < -0.3 is 24.3 Å². The number of carbonyl (C=O) groups is 1. The van der Waals surface area contributed by atoms with Gasteiger partial charge >= 0.3 is 6.09 Å². The molecule has 11 heteroatoms. The molecule has 2 N–H and O–H groups in total. The molecule has 2 aromatic heterocycles. The van der Waals surface area contributed by atoms with Crippen molar-refractivity contribution in [3.05, 3.63) is 53.7 Å². The van der Waals surface area contributed by atoms with Gasteiger partial charge in [0.05, 0.1) is 32.0 Å². The number of amides is 1. The van der Waals surface area contributed by atoms with Crippen molar-refractivity contribution in [2.45, 2.75) is 98.9 Å². The van der Waals surface area contributed by atoms with E-state index in [1.54, 1.807) is 21.7 Å². The van der Waals surface area contributed by atoms with Crippen molar-refractivity contribution < 1.29 is 24.2 Å². The molecule has 0 spiro atoms. The number of anilines is 2. The Morgan fingerprint density at radius 2 is 1.74 bits per heavy atom. The summed E-state index contributed by atoms with van der Waals surface area (Å²) in [6.07, 6.45) is -0.231. The molecule has 0 aliphatic heterocycles. The monoisotopic (exact) mass is 599 g/mol. The third-order valence-electron chi connectivity index (χ3n) is 6.50. The number of aliphatic hydroxyl groups excluding tert-OH is 2. The van der Waals surface area contributed by atoms with Gasteiger partial charge in [0.15, 0.2) is 14.7 Å². The van der Waals surface area contributed by atoms with E-state index in [-0.39, 0.29) is 24.4 Å². The van der Waals surface area contributed by atoms with Gasteiger partial charge in [-0.2, -0.15) is 9.61 Å². The molecule has 0 aliphatic carbocycles. The first-order chi connectivity index (χ1) is 19.5. The Balaban J connectivity index is 2.34. The Bertz CT molecular complexity index is 1320. The van der Waals surface area contributed by atoms with Gasteiger partial charge in [0.1, 0.15) is 23.5 Å². The van der Waals surface area contributed by atoms with Gasteiger partial charge in [-0.25, -0.2) is 9.78 Å². The molecule has 0 saturated carbocycles. The zero-order valence-electron chi connectivity index (χ0n) is 26.8. The third kappa shape index (κ3) is 8.53. The highest BCUT2D eigenvalue weighted by molar-refractivity contribution is 6.48. The van der Waals surface area contributed by atoms with Gasteiger partial charge in [0, 0.05) is 17.0 Å². The lowest BCUT2D eigenvalue weighted by Crippen LogP contribution is -2.51. The van der Waals surface area contributed by atoms with Gasteiger partial charge in [0.25, 0.3) is 0 Å². The number of aromatic nitrogens is 3. The van der Waals surface area contributed by atoms with Crippen LogP contribution < -0.4 is 9.80 Å². The van der Waals surface area contributed by atoms with Crippen LogP contribution in [0.2, 0.25) is 13.1 Å². The van der Waals surface area contributed by atoms with Crippen LogP contribution in [0.4, 0.5) is 16.4 Å². The molecule has 2 heterocycles. The molecule has 3 rings (SSSR count). The van der Waals surface area contributed by atoms with Crippen LogP contribution in [0.3, 0.4) is 0 Å². The zero-order chi connectivity index (χ0) is 31.4. The van der Waals surface area contributed by atoms with Crippen molar-refractivity contribution in [2.24, 2.45) is 5.41 Å². The fraction of sp³-hybridized carbons (Fsp3) is 0.581. The standard InChI is InChI=1S/C31H49N5O5Si/c1-21(2)24-17-32-36-26(35(29(39)40-31(6,7)8)18-22-14-12-11-13-15-22)16-25(33-27(24)36)34(19-23(38)20-37)28(30(3,4)5)41-42(9)10/h11-17,21,23,28,37-38,42H,18-20H2,1-10H3/t23-,28?/m0/s1. The van der Waals surface area contributed by atoms with Gasteiger partial charge in [-0.15, -0.1) is 0 Å². The number of fused-ring (bicyclic) bond motifs is 1. The van der Waals surface area contributed by atoms with E-state index in [0.29, 0.717) is 17.3 Å². The van der Waals surface area contributed by atoms with Crippen LogP contribution >= 0.6 is 0 Å². The minimum absolute atomic E-state index is 0.0818. The average Bonchev–Trinajstić information content (AvgIpc) is 3.32. The molecule has 0 radical (unpaired) electrons. The van der Waals surface area contributed by atoms with Gasteiger partial charge in [0.2, 0.25) is 0 Å². The molecular weight excluding hydrogens is 550 g/mol. The van der Waals surface area contributed by atoms with Gasteiger partial charge in [-0.3, -0.25) is 4.90 Å². The van der Waals surface area contributed by atoms with E-state index >= 15 is 0 Å². The summed E-state index contributed by atoms with van der Waals surface area (Å²) in [7, 11) is -1.56. The normalized spacial score (nSPS) is 14.0. The van der Waals surface area contributed by atoms with Crippen LogP contribution in [0.25, 0.3) is 5.65 Å². The molecule has 0 fully saturated rings. The van der Waals surface area contributed by atoms with Crippen LogP contribution in [0.1, 0.15) is 72.4 Å². The van der Waals surface area contributed by atoms with Crippen molar-refractivity contribution in [3.63, 3.8) is 0 Å². The highest BCUT2D eigenvalue weighted by Gasteiger charge is 2.36. The predicted octanol–water partition coefficient (Wildman–Crippen LogP) is 5.33. The molecule has 3 aromatic rings. The number of nitrogens with zero attached hydrogens (tertiary/aromatic N) is 5. The molecule has 1 aromatic carbocycles. The fourth-order valence-corrected chi connectivity index (χ4v) is 5.69. The maximum absolute atomic E-state index is 13.8. The summed E-state index contributed by atoms with van der Waals surface area (Å²) in [5, 5.41) is 25.2. The first kappa shape index (κ1) is 33.5. The molecule has 0 bridgehead atoms. The summed E-state index contributed by atoms with van der Waals surface area (Å²) < 4.78 is 14.1. The van der Waals surface area contributed by atoms with Crippen molar-refractivity contribution in [2.75, 3.05) is 23.0 Å². The summed E-state index contributed by atoms with van der Waals surface area (Å²) in [5.74, 6) is 1.08. The lowest BCUT2D eigenvalue weighted by Gasteiger charge is -2.42. The summed E-state index contributed by atoms with van der Waals surface area (Å²) in [6, 6.07) is 11.5. The molecule has 1 amide bonds. The number of ether oxygens (including phenoxy) is 1. The minimum Gasteiger partial charge on any atom is -0.443 e. The first-order valence-electron chi connectivity index (χ1n) is 14.7. The summed E-state index contributed by atoms with van der Waals surface area (Å²) in [4.78, 5) is 22.4. The number of rotatable bonds is 11.